The van der Waals surface area contributed by atoms with E-state index in [9.17, 15) is 0 Å². The molecule has 0 amide bonds. The summed E-state index contributed by atoms with van der Waals surface area (Å²) in [6.45, 7) is 0. The van der Waals surface area contributed by atoms with Crippen LogP contribution in [-0.4, -0.2) is 9.97 Å². The highest BCUT2D eigenvalue weighted by atomic mass is 32.1. The Morgan fingerprint density at radius 3 is 1.47 bits per heavy atom. The third-order valence-corrected chi connectivity index (χ3v) is 13.0. The highest BCUT2D eigenvalue weighted by Gasteiger charge is 2.17. The van der Waals surface area contributed by atoms with E-state index < -0.39 is 0 Å². The van der Waals surface area contributed by atoms with Gasteiger partial charge in [0.2, 0.25) is 0 Å². The van der Waals surface area contributed by atoms with Gasteiger partial charge in [-0.3, -0.25) is 9.97 Å². The van der Waals surface area contributed by atoms with Crippen molar-refractivity contribution in [2.45, 2.75) is 0 Å². The third kappa shape index (κ3) is 4.96. The van der Waals surface area contributed by atoms with Crippen LogP contribution in [-0.2, 0) is 0 Å². The molecule has 0 saturated heterocycles. The van der Waals surface area contributed by atoms with E-state index in [4.69, 9.17) is 9.97 Å². The van der Waals surface area contributed by atoms with Crippen molar-refractivity contribution in [1.82, 2.24) is 9.97 Å². The van der Waals surface area contributed by atoms with E-state index in [1.54, 1.807) is 12.4 Å². The van der Waals surface area contributed by atoms with Crippen molar-refractivity contribution >= 4 is 85.6 Å². The minimum absolute atomic E-state index is 0.934. The summed E-state index contributed by atoms with van der Waals surface area (Å²) in [4.78, 5) is 9.59. The van der Waals surface area contributed by atoms with Crippen molar-refractivity contribution in [2.75, 3.05) is 0 Å². The van der Waals surface area contributed by atoms with Gasteiger partial charge < -0.3 is 0 Å². The van der Waals surface area contributed by atoms with Crippen LogP contribution in [0.4, 0.5) is 0 Å². The lowest BCUT2D eigenvalue weighted by Crippen LogP contribution is -1.90. The van der Waals surface area contributed by atoms with Crippen LogP contribution >= 0.6 is 11.3 Å². The molecule has 10 aromatic carbocycles. The van der Waals surface area contributed by atoms with Crippen LogP contribution in [0, 0.1) is 0 Å². The fourth-order valence-electron chi connectivity index (χ4n) is 9.21. The second-order valence-electron chi connectivity index (χ2n) is 14.8. The SMILES string of the molecule is c1cc(-c2ccc3c4ccccc4c4nccnc4c3c2)cc(-c2cccc3c(-c4cccc5c(-c6cccc7c6sc6ccccc67)cccc45)cccc23)c1. The molecule has 0 radical (unpaired) electrons. The lowest BCUT2D eigenvalue weighted by Gasteiger charge is -2.15. The van der Waals surface area contributed by atoms with Gasteiger partial charge in [-0.25, -0.2) is 0 Å². The number of benzene rings is 10. The monoisotopic (exact) mass is 740 g/mol. The molecule has 57 heavy (non-hydrogen) atoms. The van der Waals surface area contributed by atoms with Gasteiger partial charge in [0.1, 0.15) is 0 Å². The zero-order valence-electron chi connectivity index (χ0n) is 30.8. The topological polar surface area (TPSA) is 25.8 Å². The van der Waals surface area contributed by atoms with Gasteiger partial charge in [-0.15, -0.1) is 11.3 Å². The summed E-state index contributed by atoms with van der Waals surface area (Å²) in [6.07, 6.45) is 3.58. The summed E-state index contributed by atoms with van der Waals surface area (Å²) in [5.41, 5.74) is 11.7. The molecular weight excluding hydrogens is 709 g/mol. The molecule has 0 saturated carbocycles. The van der Waals surface area contributed by atoms with E-state index in [0.717, 1.165) is 27.4 Å². The molecule has 264 valence electrons. The van der Waals surface area contributed by atoms with Crippen molar-refractivity contribution in [3.05, 3.63) is 194 Å². The summed E-state index contributed by atoms with van der Waals surface area (Å²) in [5, 5.41) is 12.3. The molecule has 0 bridgehead atoms. The highest BCUT2D eigenvalue weighted by Crippen LogP contribution is 2.44. The molecule has 0 aliphatic rings. The van der Waals surface area contributed by atoms with Gasteiger partial charge in [-0.05, 0) is 89.5 Å². The molecule has 0 aliphatic carbocycles. The van der Waals surface area contributed by atoms with Gasteiger partial charge in [0.15, 0.2) is 0 Å². The molecule has 12 aromatic rings. The van der Waals surface area contributed by atoms with E-state index in [1.807, 2.05) is 11.3 Å². The zero-order chi connectivity index (χ0) is 37.5. The quantitative estimate of drug-likeness (QED) is 0.168. The lowest BCUT2D eigenvalue weighted by molar-refractivity contribution is 1.31. The maximum atomic E-state index is 4.82. The van der Waals surface area contributed by atoms with E-state index in [1.165, 1.54) is 91.4 Å². The average molecular weight is 741 g/mol. The summed E-state index contributed by atoms with van der Waals surface area (Å²) in [7, 11) is 0. The van der Waals surface area contributed by atoms with Crippen LogP contribution in [0.2, 0.25) is 0 Å². The van der Waals surface area contributed by atoms with Gasteiger partial charge in [0, 0.05) is 48.9 Å². The Hall–Kier alpha value is -7.20. The van der Waals surface area contributed by atoms with Gasteiger partial charge in [0.05, 0.1) is 11.0 Å². The fraction of sp³-hybridized carbons (Fsp3) is 0. The number of fused-ring (bicyclic) bond motifs is 11. The number of hydrogen-bond acceptors (Lipinski definition) is 3. The van der Waals surface area contributed by atoms with Crippen molar-refractivity contribution < 1.29 is 0 Å². The third-order valence-electron chi connectivity index (χ3n) is 11.8. The first-order valence-electron chi connectivity index (χ1n) is 19.4. The Labute approximate surface area is 333 Å². The van der Waals surface area contributed by atoms with Gasteiger partial charge >= 0.3 is 0 Å². The van der Waals surface area contributed by atoms with E-state index in [0.29, 0.717) is 0 Å². The summed E-state index contributed by atoms with van der Waals surface area (Å²) in [5.74, 6) is 0. The first-order valence-corrected chi connectivity index (χ1v) is 20.2. The predicted molar refractivity (Wildman–Crippen MR) is 244 cm³/mol. The van der Waals surface area contributed by atoms with Crippen molar-refractivity contribution in [2.24, 2.45) is 0 Å². The second kappa shape index (κ2) is 12.7. The molecule has 12 rings (SSSR count). The molecule has 0 atom stereocenters. The Balaban J connectivity index is 0.988. The van der Waals surface area contributed by atoms with Crippen LogP contribution < -0.4 is 0 Å². The van der Waals surface area contributed by atoms with Crippen molar-refractivity contribution in [3.63, 3.8) is 0 Å². The number of rotatable bonds is 4. The lowest BCUT2D eigenvalue weighted by atomic mass is 9.88. The van der Waals surface area contributed by atoms with Crippen molar-refractivity contribution in [3.8, 4) is 44.5 Å². The number of hydrogen-bond donors (Lipinski definition) is 0. The Morgan fingerprint density at radius 2 is 0.754 bits per heavy atom. The average Bonchev–Trinajstić information content (AvgIpc) is 3.67. The molecule has 0 aliphatic heterocycles. The highest BCUT2D eigenvalue weighted by molar-refractivity contribution is 7.26. The largest absolute Gasteiger partial charge is 0.252 e. The maximum Gasteiger partial charge on any atom is 0.0971 e. The van der Waals surface area contributed by atoms with Crippen LogP contribution in [0.3, 0.4) is 0 Å². The van der Waals surface area contributed by atoms with Gasteiger partial charge in [0.25, 0.3) is 0 Å². The Morgan fingerprint density at radius 1 is 0.281 bits per heavy atom. The number of nitrogens with zero attached hydrogens (tertiary/aromatic N) is 2. The Kier molecular flexibility index (Phi) is 7.13. The fourth-order valence-corrected chi connectivity index (χ4v) is 10.4. The molecule has 0 spiro atoms. The summed E-state index contributed by atoms with van der Waals surface area (Å²) < 4.78 is 2.67. The minimum atomic E-state index is 0.934. The standard InChI is InChI=1S/C54H32N2S/c1-2-15-47-43(13-1)45-28-27-34(32-50(45)53-52(47)55-29-30-56-53)33-11-5-12-35(31-33)36-16-6-18-38-37(36)17-7-19-39(38)40-20-8-22-42-41(40)21-9-23-44(42)48-24-10-25-49-46-14-3-4-26-51(46)57-54(48)49/h1-32H. The maximum absolute atomic E-state index is 4.82. The van der Waals surface area contributed by atoms with Crippen LogP contribution in [0.15, 0.2) is 194 Å². The molecule has 0 unspecified atom stereocenters. The van der Waals surface area contributed by atoms with Gasteiger partial charge in [-0.2, -0.15) is 0 Å². The summed E-state index contributed by atoms with van der Waals surface area (Å²) >= 11 is 1.89. The molecule has 2 aromatic heterocycles. The molecule has 0 fully saturated rings. The van der Waals surface area contributed by atoms with E-state index >= 15 is 0 Å². The minimum Gasteiger partial charge on any atom is -0.252 e. The van der Waals surface area contributed by atoms with E-state index in [-0.39, 0.29) is 0 Å². The number of thiophene rings is 1. The smallest absolute Gasteiger partial charge is 0.0971 e. The van der Waals surface area contributed by atoms with Crippen LogP contribution in [0.1, 0.15) is 0 Å². The first-order chi connectivity index (χ1) is 28.3. The number of aromatic nitrogens is 2. The zero-order valence-corrected chi connectivity index (χ0v) is 31.6. The molecular formula is C54H32N2S. The van der Waals surface area contributed by atoms with Crippen LogP contribution in [0.25, 0.3) is 119 Å². The summed E-state index contributed by atoms with van der Waals surface area (Å²) in [6, 6.07) is 66.8. The predicted octanol–water partition coefficient (Wildman–Crippen LogP) is 15.3. The molecule has 3 heteroatoms. The molecule has 0 N–H and O–H groups in total. The Bertz CT molecular complexity index is 3560. The van der Waals surface area contributed by atoms with Crippen LogP contribution in [0.5, 0.6) is 0 Å². The van der Waals surface area contributed by atoms with Crippen molar-refractivity contribution in [1.29, 1.82) is 0 Å². The molecule has 2 nitrogen and oxygen atoms in total. The first kappa shape index (κ1) is 32.1. The van der Waals surface area contributed by atoms with Gasteiger partial charge in [-0.1, -0.05) is 164 Å². The normalized spacial score (nSPS) is 11.9. The molecule has 2 heterocycles. The second-order valence-corrected chi connectivity index (χ2v) is 15.9. The van der Waals surface area contributed by atoms with E-state index in [2.05, 4.69) is 182 Å².